The standard InChI is InChI=1S/C21H21ClFN5O6/c1-10(29)32-9-15-16(23)17(33-11(2)30)19(34-15)28-18-14(7-25-20(24)26-18)27(21(28)31)8-12-3-5-13(22)6-4-12/h3-7,15-17,19H,8-9H2,1-2H3,(H2,24,25,26)/t15-,16-,17-,19-/m1/s1. The Morgan fingerprint density at radius 1 is 1.24 bits per heavy atom. The number of esters is 2. The number of carbonyl (C=O) groups excluding carboxylic acids is 2. The van der Waals surface area contributed by atoms with Crippen LogP contribution in [0.1, 0.15) is 25.6 Å². The highest BCUT2D eigenvalue weighted by Crippen LogP contribution is 2.35. The number of anilines is 1. The van der Waals surface area contributed by atoms with E-state index in [1.807, 2.05) is 0 Å². The van der Waals surface area contributed by atoms with E-state index < -0.39 is 48.8 Å². The van der Waals surface area contributed by atoms with Gasteiger partial charge in [0.1, 0.15) is 18.2 Å². The SMILES string of the molecule is CC(=O)OC[C@H]1O[C@@H](n2c(=O)n(Cc3ccc(Cl)cc3)c3cnc(N)nc32)[C@H](OC(C)=O)[C@@H]1F. The Labute approximate surface area is 197 Å². The molecule has 0 saturated carbocycles. The average Bonchev–Trinajstić information content (AvgIpc) is 3.21. The van der Waals surface area contributed by atoms with E-state index in [9.17, 15) is 14.4 Å². The van der Waals surface area contributed by atoms with E-state index in [0.717, 1.165) is 24.0 Å². The second-order valence-corrected chi connectivity index (χ2v) is 8.12. The van der Waals surface area contributed by atoms with Crippen molar-refractivity contribution in [1.82, 2.24) is 19.1 Å². The second kappa shape index (κ2) is 9.39. The molecular weight excluding hydrogens is 473 g/mol. The number of fused-ring (bicyclic) bond motifs is 1. The van der Waals surface area contributed by atoms with Gasteiger partial charge in [-0.2, -0.15) is 4.98 Å². The molecule has 1 fully saturated rings. The number of benzene rings is 1. The van der Waals surface area contributed by atoms with Gasteiger partial charge in [-0.3, -0.25) is 14.2 Å². The zero-order chi connectivity index (χ0) is 24.6. The molecule has 0 aliphatic carbocycles. The van der Waals surface area contributed by atoms with E-state index in [4.69, 9.17) is 31.5 Å². The van der Waals surface area contributed by atoms with Gasteiger partial charge < -0.3 is 19.9 Å². The molecule has 1 aliphatic heterocycles. The molecule has 11 nitrogen and oxygen atoms in total. The number of hydrogen-bond donors (Lipinski definition) is 1. The first kappa shape index (κ1) is 23.6. The number of aromatic nitrogens is 4. The lowest BCUT2D eigenvalue weighted by Gasteiger charge is -2.19. The molecule has 1 aliphatic rings. The first-order valence-corrected chi connectivity index (χ1v) is 10.6. The van der Waals surface area contributed by atoms with E-state index in [1.54, 1.807) is 24.3 Å². The molecule has 2 aromatic heterocycles. The van der Waals surface area contributed by atoms with Crippen LogP contribution < -0.4 is 11.4 Å². The topological polar surface area (TPSA) is 141 Å². The van der Waals surface area contributed by atoms with Gasteiger partial charge in [0.15, 0.2) is 24.2 Å². The number of imidazole rings is 1. The largest absolute Gasteiger partial charge is 0.463 e. The molecule has 3 aromatic rings. The Morgan fingerprint density at radius 2 is 1.94 bits per heavy atom. The maximum Gasteiger partial charge on any atom is 0.332 e. The molecule has 4 atom stereocenters. The van der Waals surface area contributed by atoms with Crippen LogP contribution in [0, 0.1) is 0 Å². The van der Waals surface area contributed by atoms with Crippen LogP contribution >= 0.6 is 11.6 Å². The molecule has 1 aromatic carbocycles. The Hall–Kier alpha value is -3.51. The fraction of sp³-hybridized carbons (Fsp3) is 0.381. The van der Waals surface area contributed by atoms with Crippen molar-refractivity contribution >= 4 is 40.7 Å². The number of halogens is 2. The third-order valence-corrected chi connectivity index (χ3v) is 5.50. The summed E-state index contributed by atoms with van der Waals surface area (Å²) in [6, 6.07) is 6.85. The summed E-state index contributed by atoms with van der Waals surface area (Å²) in [5.41, 5.74) is 6.25. The Bertz CT molecular complexity index is 1290. The fourth-order valence-electron chi connectivity index (χ4n) is 3.78. The maximum atomic E-state index is 15.2. The second-order valence-electron chi connectivity index (χ2n) is 7.69. The van der Waals surface area contributed by atoms with Crippen molar-refractivity contribution in [3.63, 3.8) is 0 Å². The van der Waals surface area contributed by atoms with Crippen molar-refractivity contribution in [2.24, 2.45) is 0 Å². The van der Waals surface area contributed by atoms with Gasteiger partial charge in [0.25, 0.3) is 0 Å². The summed E-state index contributed by atoms with van der Waals surface area (Å²) in [7, 11) is 0. The number of nitrogens with zero attached hydrogens (tertiary/aromatic N) is 4. The Morgan fingerprint density at radius 3 is 2.59 bits per heavy atom. The lowest BCUT2D eigenvalue weighted by atomic mass is 10.1. The molecule has 0 amide bonds. The summed E-state index contributed by atoms with van der Waals surface area (Å²) in [6.07, 6.45) is -4.69. The van der Waals surface area contributed by atoms with Crippen LogP contribution in [-0.4, -0.2) is 56.0 Å². The number of hydrogen-bond acceptors (Lipinski definition) is 9. The van der Waals surface area contributed by atoms with E-state index >= 15 is 4.39 Å². The normalized spacial score (nSPS) is 22.1. The van der Waals surface area contributed by atoms with E-state index in [-0.39, 0.29) is 18.1 Å². The lowest BCUT2D eigenvalue weighted by molar-refractivity contribution is -0.154. The molecule has 13 heteroatoms. The molecule has 180 valence electrons. The number of rotatable bonds is 6. The molecular formula is C21H21ClFN5O6. The molecule has 0 spiro atoms. The van der Waals surface area contributed by atoms with Gasteiger partial charge in [-0.15, -0.1) is 0 Å². The van der Waals surface area contributed by atoms with Crippen LogP contribution in [0.5, 0.6) is 0 Å². The van der Waals surface area contributed by atoms with E-state index in [0.29, 0.717) is 10.5 Å². The number of nitrogens with two attached hydrogens (primary N) is 1. The van der Waals surface area contributed by atoms with Crippen molar-refractivity contribution in [3.8, 4) is 0 Å². The zero-order valence-electron chi connectivity index (χ0n) is 18.2. The first-order valence-electron chi connectivity index (χ1n) is 10.2. The summed E-state index contributed by atoms with van der Waals surface area (Å²) in [6.45, 7) is 1.96. The van der Waals surface area contributed by atoms with Crippen molar-refractivity contribution in [1.29, 1.82) is 0 Å². The smallest absolute Gasteiger partial charge is 0.332 e. The van der Waals surface area contributed by atoms with Gasteiger partial charge in [0.2, 0.25) is 5.95 Å². The minimum Gasteiger partial charge on any atom is -0.463 e. The molecule has 0 unspecified atom stereocenters. The minimum absolute atomic E-state index is 0.0638. The first-order chi connectivity index (χ1) is 16.2. The Kier molecular flexibility index (Phi) is 6.53. The molecule has 1 saturated heterocycles. The van der Waals surface area contributed by atoms with Crippen LogP contribution in [0.2, 0.25) is 5.02 Å². The number of nitrogen functional groups attached to an aromatic ring is 1. The highest BCUT2D eigenvalue weighted by molar-refractivity contribution is 6.30. The predicted molar refractivity (Wildman–Crippen MR) is 118 cm³/mol. The van der Waals surface area contributed by atoms with E-state index in [1.165, 1.54) is 10.8 Å². The number of ether oxygens (including phenoxy) is 3. The molecule has 4 rings (SSSR count). The van der Waals surface area contributed by atoms with Crippen molar-refractivity contribution in [3.05, 3.63) is 51.5 Å². The van der Waals surface area contributed by atoms with Crippen molar-refractivity contribution in [2.75, 3.05) is 12.3 Å². The van der Waals surface area contributed by atoms with Gasteiger partial charge in [-0.1, -0.05) is 23.7 Å². The average molecular weight is 494 g/mol. The molecule has 2 N–H and O–H groups in total. The number of alkyl halides is 1. The fourth-order valence-corrected chi connectivity index (χ4v) is 3.91. The lowest BCUT2D eigenvalue weighted by Crippen LogP contribution is -2.37. The summed E-state index contributed by atoms with van der Waals surface area (Å²) < 4.78 is 33.4. The summed E-state index contributed by atoms with van der Waals surface area (Å²) >= 11 is 5.95. The molecule has 0 radical (unpaired) electrons. The van der Waals surface area contributed by atoms with Crippen LogP contribution in [0.25, 0.3) is 11.2 Å². The minimum atomic E-state index is -1.88. The van der Waals surface area contributed by atoms with Gasteiger partial charge in [-0.25, -0.2) is 18.7 Å². The predicted octanol–water partition coefficient (Wildman–Crippen LogP) is 1.61. The van der Waals surface area contributed by atoms with Gasteiger partial charge in [-0.05, 0) is 17.7 Å². The summed E-state index contributed by atoms with van der Waals surface area (Å²) in [5, 5.41) is 0.533. The van der Waals surface area contributed by atoms with Gasteiger partial charge >= 0.3 is 17.6 Å². The zero-order valence-corrected chi connectivity index (χ0v) is 18.9. The van der Waals surface area contributed by atoms with Crippen molar-refractivity contribution < 1.29 is 28.2 Å². The van der Waals surface area contributed by atoms with Crippen LogP contribution in [-0.2, 0) is 30.3 Å². The molecule has 0 bridgehead atoms. The van der Waals surface area contributed by atoms with Crippen LogP contribution in [0.3, 0.4) is 0 Å². The maximum absolute atomic E-state index is 15.2. The van der Waals surface area contributed by atoms with Crippen LogP contribution in [0.4, 0.5) is 10.3 Å². The monoisotopic (exact) mass is 493 g/mol. The summed E-state index contributed by atoms with van der Waals surface area (Å²) in [5.74, 6) is -1.54. The molecule has 34 heavy (non-hydrogen) atoms. The van der Waals surface area contributed by atoms with Gasteiger partial charge in [0.05, 0.1) is 12.7 Å². The van der Waals surface area contributed by atoms with Gasteiger partial charge in [0, 0.05) is 18.9 Å². The summed E-state index contributed by atoms with van der Waals surface area (Å²) in [4.78, 5) is 44.5. The molecule has 3 heterocycles. The third kappa shape index (κ3) is 4.59. The quantitative estimate of drug-likeness (QED) is 0.507. The highest BCUT2D eigenvalue weighted by Gasteiger charge is 2.50. The van der Waals surface area contributed by atoms with E-state index in [2.05, 4.69) is 9.97 Å². The highest BCUT2D eigenvalue weighted by atomic mass is 35.5. The Balaban J connectivity index is 1.81. The number of carbonyl (C=O) groups is 2. The third-order valence-electron chi connectivity index (χ3n) is 5.25. The van der Waals surface area contributed by atoms with Crippen molar-refractivity contribution in [2.45, 2.75) is 45.0 Å². The van der Waals surface area contributed by atoms with Crippen LogP contribution in [0.15, 0.2) is 35.3 Å².